The van der Waals surface area contributed by atoms with Crippen molar-refractivity contribution in [2.75, 3.05) is 26.1 Å². The third-order valence-electron chi connectivity index (χ3n) is 6.38. The summed E-state index contributed by atoms with van der Waals surface area (Å²) in [6.07, 6.45) is 0.679. The molecule has 0 spiro atoms. The molecular formula is C27H26FN3O3. The number of hydrogen-bond donors (Lipinski definition) is 2. The Bertz CT molecular complexity index is 1360. The maximum atomic E-state index is 13.7. The molecule has 2 heterocycles. The van der Waals surface area contributed by atoms with Gasteiger partial charge in [-0.1, -0.05) is 18.2 Å². The molecule has 5 rings (SSSR count). The average molecular weight is 460 g/mol. The largest absolute Gasteiger partial charge is 0.497 e. The highest BCUT2D eigenvalue weighted by Gasteiger charge is 2.35. The summed E-state index contributed by atoms with van der Waals surface area (Å²) in [5.41, 5.74) is 5.48. The van der Waals surface area contributed by atoms with Gasteiger partial charge in [-0.25, -0.2) is 9.18 Å². The fraction of sp³-hybridized carbons (Fsp3) is 0.222. The number of nitrogens with zero attached hydrogens (tertiary/aromatic N) is 1. The number of methoxy groups -OCH3 is 2. The summed E-state index contributed by atoms with van der Waals surface area (Å²) >= 11 is 0. The van der Waals surface area contributed by atoms with Gasteiger partial charge in [0.05, 0.1) is 25.9 Å². The first-order valence-electron chi connectivity index (χ1n) is 11.1. The lowest BCUT2D eigenvalue weighted by Gasteiger charge is -2.36. The number of carbonyl (C=O) groups excluding carboxylic acids is 1. The molecule has 4 aromatic rings. The summed E-state index contributed by atoms with van der Waals surface area (Å²) in [4.78, 5) is 18.9. The normalized spacial score (nSPS) is 15.2. The molecule has 0 saturated carbocycles. The van der Waals surface area contributed by atoms with Crippen LogP contribution in [0.3, 0.4) is 0 Å². The van der Waals surface area contributed by atoms with E-state index in [1.54, 1.807) is 31.3 Å². The number of aromatic amines is 1. The van der Waals surface area contributed by atoms with Crippen LogP contribution in [0.2, 0.25) is 0 Å². The van der Waals surface area contributed by atoms with E-state index >= 15 is 0 Å². The Morgan fingerprint density at radius 2 is 1.85 bits per heavy atom. The smallest absolute Gasteiger partial charge is 0.322 e. The van der Waals surface area contributed by atoms with E-state index in [-0.39, 0.29) is 11.8 Å². The zero-order valence-corrected chi connectivity index (χ0v) is 19.3. The Balaban J connectivity index is 1.58. The number of anilines is 1. The van der Waals surface area contributed by atoms with Crippen LogP contribution in [0.5, 0.6) is 11.5 Å². The van der Waals surface area contributed by atoms with Gasteiger partial charge in [0.2, 0.25) is 0 Å². The number of hydrogen-bond acceptors (Lipinski definition) is 3. The maximum Gasteiger partial charge on any atom is 0.322 e. The monoisotopic (exact) mass is 459 g/mol. The number of ether oxygens (including phenoxy) is 2. The van der Waals surface area contributed by atoms with E-state index in [0.29, 0.717) is 24.4 Å². The molecule has 1 aliphatic heterocycles. The molecule has 34 heavy (non-hydrogen) atoms. The molecule has 1 aromatic heterocycles. The Kier molecular flexibility index (Phi) is 5.61. The van der Waals surface area contributed by atoms with Gasteiger partial charge in [0.1, 0.15) is 17.3 Å². The summed E-state index contributed by atoms with van der Waals surface area (Å²) < 4.78 is 24.6. The van der Waals surface area contributed by atoms with Crippen LogP contribution in [-0.2, 0) is 6.42 Å². The number of benzene rings is 3. The van der Waals surface area contributed by atoms with E-state index in [1.807, 2.05) is 43.3 Å². The Morgan fingerprint density at radius 3 is 2.59 bits per heavy atom. The second kappa shape index (κ2) is 8.74. The molecule has 1 unspecified atom stereocenters. The third-order valence-corrected chi connectivity index (χ3v) is 6.38. The van der Waals surface area contributed by atoms with Crippen molar-refractivity contribution in [3.63, 3.8) is 0 Å². The summed E-state index contributed by atoms with van der Waals surface area (Å²) in [5.74, 6) is 1.05. The average Bonchev–Trinajstić information content (AvgIpc) is 3.22. The first-order chi connectivity index (χ1) is 16.5. The molecule has 0 fully saturated rings. The molecule has 2 amide bonds. The first kappa shape index (κ1) is 21.8. The number of amides is 2. The number of rotatable bonds is 4. The van der Waals surface area contributed by atoms with Gasteiger partial charge in [0.25, 0.3) is 0 Å². The SMILES string of the molecule is COc1ccc2[nH]c3c(c2c1)CCN(C(=O)Nc1cc(C)ccc1OC)C3c1ccc(F)cc1. The number of aryl methyl sites for hydroxylation is 1. The van der Waals surface area contributed by atoms with Crippen molar-refractivity contribution < 1.29 is 18.7 Å². The van der Waals surface area contributed by atoms with E-state index in [4.69, 9.17) is 9.47 Å². The van der Waals surface area contributed by atoms with Crippen LogP contribution >= 0.6 is 0 Å². The molecule has 1 atom stereocenters. The van der Waals surface area contributed by atoms with Gasteiger partial charge in [-0.05, 0) is 72.5 Å². The number of carbonyl (C=O) groups is 1. The van der Waals surface area contributed by atoms with Crippen LogP contribution in [0.15, 0.2) is 60.7 Å². The highest BCUT2D eigenvalue weighted by molar-refractivity contribution is 5.93. The number of H-pyrrole nitrogens is 1. The van der Waals surface area contributed by atoms with Crippen molar-refractivity contribution in [2.24, 2.45) is 0 Å². The van der Waals surface area contributed by atoms with Crippen molar-refractivity contribution >= 4 is 22.6 Å². The lowest BCUT2D eigenvalue weighted by atomic mass is 9.92. The lowest BCUT2D eigenvalue weighted by molar-refractivity contribution is 0.193. The summed E-state index contributed by atoms with van der Waals surface area (Å²) in [5, 5.41) is 4.09. The van der Waals surface area contributed by atoms with E-state index < -0.39 is 6.04 Å². The number of nitrogens with one attached hydrogen (secondary N) is 2. The molecule has 0 bridgehead atoms. The Hall–Kier alpha value is -4.00. The van der Waals surface area contributed by atoms with Crippen LogP contribution in [0.25, 0.3) is 10.9 Å². The molecular weight excluding hydrogens is 433 g/mol. The molecule has 3 aromatic carbocycles. The number of aromatic nitrogens is 1. The zero-order chi connectivity index (χ0) is 23.8. The van der Waals surface area contributed by atoms with Crippen molar-refractivity contribution in [3.05, 3.63) is 88.9 Å². The number of urea groups is 1. The molecule has 1 aliphatic rings. The summed E-state index contributed by atoms with van der Waals surface area (Å²) in [7, 11) is 3.22. The highest BCUT2D eigenvalue weighted by atomic mass is 19.1. The maximum absolute atomic E-state index is 13.7. The Labute approximate surface area is 197 Å². The van der Waals surface area contributed by atoms with Gasteiger partial charge in [0.15, 0.2) is 0 Å². The van der Waals surface area contributed by atoms with Crippen LogP contribution < -0.4 is 14.8 Å². The number of halogens is 1. The fourth-order valence-corrected chi connectivity index (χ4v) is 4.71. The lowest BCUT2D eigenvalue weighted by Crippen LogP contribution is -2.43. The van der Waals surface area contributed by atoms with E-state index in [2.05, 4.69) is 10.3 Å². The van der Waals surface area contributed by atoms with Crippen LogP contribution in [0, 0.1) is 12.7 Å². The molecule has 0 aliphatic carbocycles. The van der Waals surface area contributed by atoms with Gasteiger partial charge < -0.3 is 24.7 Å². The minimum atomic E-state index is -0.404. The minimum Gasteiger partial charge on any atom is -0.497 e. The van der Waals surface area contributed by atoms with Crippen molar-refractivity contribution in [1.82, 2.24) is 9.88 Å². The van der Waals surface area contributed by atoms with E-state index in [1.165, 1.54) is 12.1 Å². The van der Waals surface area contributed by atoms with Gasteiger partial charge in [-0.3, -0.25) is 0 Å². The Morgan fingerprint density at radius 1 is 1.06 bits per heavy atom. The zero-order valence-electron chi connectivity index (χ0n) is 19.3. The fourth-order valence-electron chi connectivity index (χ4n) is 4.71. The molecule has 0 saturated heterocycles. The van der Waals surface area contributed by atoms with Gasteiger partial charge in [0, 0.05) is 23.1 Å². The topological polar surface area (TPSA) is 66.6 Å². The van der Waals surface area contributed by atoms with Gasteiger partial charge in [-0.15, -0.1) is 0 Å². The van der Waals surface area contributed by atoms with Gasteiger partial charge >= 0.3 is 6.03 Å². The third kappa shape index (κ3) is 3.83. The quantitative estimate of drug-likeness (QED) is 0.405. The highest BCUT2D eigenvalue weighted by Crippen LogP contribution is 2.40. The van der Waals surface area contributed by atoms with Crippen molar-refractivity contribution in [2.45, 2.75) is 19.4 Å². The second-order valence-electron chi connectivity index (χ2n) is 8.46. The first-order valence-corrected chi connectivity index (χ1v) is 11.1. The summed E-state index contributed by atoms with van der Waals surface area (Å²) in [6, 6.07) is 17.2. The van der Waals surface area contributed by atoms with Crippen LogP contribution in [0.4, 0.5) is 14.9 Å². The van der Waals surface area contributed by atoms with Crippen LogP contribution in [-0.4, -0.2) is 36.7 Å². The minimum absolute atomic E-state index is 0.250. The molecule has 7 heteroatoms. The van der Waals surface area contributed by atoms with Crippen LogP contribution in [0.1, 0.15) is 28.4 Å². The second-order valence-corrected chi connectivity index (χ2v) is 8.46. The van der Waals surface area contributed by atoms with E-state index in [9.17, 15) is 9.18 Å². The van der Waals surface area contributed by atoms with Gasteiger partial charge in [-0.2, -0.15) is 0 Å². The standard InChI is InChI=1S/C27H26FN3O3/c1-16-4-11-24(34-3)23(14-16)30-27(32)31-13-12-20-21-15-19(33-2)9-10-22(21)29-25(20)26(31)17-5-7-18(28)8-6-17/h4-11,14-15,26,29H,12-13H2,1-3H3,(H,30,32). The van der Waals surface area contributed by atoms with Crippen molar-refractivity contribution in [1.29, 1.82) is 0 Å². The molecule has 2 N–H and O–H groups in total. The van der Waals surface area contributed by atoms with Crippen molar-refractivity contribution in [3.8, 4) is 11.5 Å². The predicted molar refractivity (Wildman–Crippen MR) is 130 cm³/mol. The molecule has 6 nitrogen and oxygen atoms in total. The molecule has 0 radical (unpaired) electrons. The molecule has 174 valence electrons. The summed E-state index contributed by atoms with van der Waals surface area (Å²) in [6.45, 7) is 2.46. The predicted octanol–water partition coefficient (Wildman–Crippen LogP) is 5.81. The number of fused-ring (bicyclic) bond motifs is 3. The van der Waals surface area contributed by atoms with E-state index in [0.717, 1.165) is 39.0 Å².